The molecule has 0 spiro atoms. The van der Waals surface area contributed by atoms with Gasteiger partial charge in [-0.05, 0) is 56.1 Å². The number of hydrogen-bond donors (Lipinski definition) is 2. The van der Waals surface area contributed by atoms with Crippen LogP contribution in [0.4, 0.5) is 0 Å². The zero-order valence-electron chi connectivity index (χ0n) is 18.6. The smallest absolute Gasteiger partial charge is 0.191 e. The lowest BCUT2D eigenvalue weighted by molar-refractivity contribution is 0.0177. The van der Waals surface area contributed by atoms with Crippen molar-refractivity contribution < 1.29 is 4.74 Å². The molecular formula is C22H40IN5OS. The number of aliphatic imine (C=N–C) groups is 1. The number of piperidine rings is 1. The lowest BCUT2D eigenvalue weighted by Crippen LogP contribution is -2.46. The Hall–Kier alpha value is -0.420. The predicted molar refractivity (Wildman–Crippen MR) is 138 cm³/mol. The number of ether oxygens (including phenoxy) is 1. The van der Waals surface area contributed by atoms with E-state index in [0.29, 0.717) is 6.04 Å². The van der Waals surface area contributed by atoms with Crippen molar-refractivity contribution in [2.75, 3.05) is 66.1 Å². The molecule has 1 aromatic heterocycles. The highest BCUT2D eigenvalue weighted by Crippen LogP contribution is 2.25. The van der Waals surface area contributed by atoms with Crippen LogP contribution in [-0.4, -0.2) is 81.8 Å². The molecule has 0 bridgehead atoms. The number of nitrogens with zero attached hydrogens (tertiary/aromatic N) is 3. The van der Waals surface area contributed by atoms with Gasteiger partial charge in [-0.3, -0.25) is 9.89 Å². The molecule has 0 saturated carbocycles. The second-order valence-corrected chi connectivity index (χ2v) is 9.29. The first-order valence-electron chi connectivity index (χ1n) is 11.3. The molecule has 2 saturated heterocycles. The lowest BCUT2D eigenvalue weighted by Gasteiger charge is -2.34. The molecule has 2 aliphatic heterocycles. The average molecular weight is 550 g/mol. The third-order valence-corrected chi connectivity index (χ3v) is 6.95. The van der Waals surface area contributed by atoms with Crippen molar-refractivity contribution >= 4 is 41.3 Å². The summed E-state index contributed by atoms with van der Waals surface area (Å²) in [5.74, 6) is 1.78. The van der Waals surface area contributed by atoms with E-state index in [0.717, 1.165) is 51.3 Å². The number of rotatable bonds is 9. The van der Waals surface area contributed by atoms with E-state index in [1.807, 2.05) is 18.4 Å². The van der Waals surface area contributed by atoms with Crippen LogP contribution < -0.4 is 10.6 Å². The van der Waals surface area contributed by atoms with E-state index < -0.39 is 0 Å². The first-order chi connectivity index (χ1) is 14.3. The van der Waals surface area contributed by atoms with Gasteiger partial charge in [-0.15, -0.1) is 35.3 Å². The Morgan fingerprint density at radius 2 is 2.10 bits per heavy atom. The van der Waals surface area contributed by atoms with Gasteiger partial charge in [0, 0.05) is 44.6 Å². The third kappa shape index (κ3) is 8.61. The summed E-state index contributed by atoms with van der Waals surface area (Å²) < 4.78 is 5.54. The second kappa shape index (κ2) is 14.6. The molecule has 0 aromatic carbocycles. The third-order valence-electron chi connectivity index (χ3n) is 5.98. The predicted octanol–water partition coefficient (Wildman–Crippen LogP) is 3.42. The summed E-state index contributed by atoms with van der Waals surface area (Å²) in [6, 6.07) is 4.76. The van der Waals surface area contributed by atoms with Gasteiger partial charge < -0.3 is 20.3 Å². The molecule has 172 valence electrons. The minimum atomic E-state index is 0. The highest BCUT2D eigenvalue weighted by Gasteiger charge is 2.23. The average Bonchev–Trinajstić information content (AvgIpc) is 3.27. The summed E-state index contributed by atoms with van der Waals surface area (Å²) in [5, 5.41) is 9.22. The van der Waals surface area contributed by atoms with Crippen LogP contribution in [0.1, 0.15) is 43.5 Å². The van der Waals surface area contributed by atoms with Gasteiger partial charge in [0.05, 0.1) is 19.3 Å². The molecular weight excluding hydrogens is 509 g/mol. The van der Waals surface area contributed by atoms with Gasteiger partial charge in [-0.1, -0.05) is 13.0 Å². The van der Waals surface area contributed by atoms with Gasteiger partial charge in [0.1, 0.15) is 0 Å². The van der Waals surface area contributed by atoms with E-state index in [4.69, 9.17) is 4.74 Å². The fraction of sp³-hybridized carbons (Fsp3) is 0.773. The molecule has 2 atom stereocenters. The van der Waals surface area contributed by atoms with Crippen LogP contribution in [0.5, 0.6) is 0 Å². The minimum absolute atomic E-state index is 0. The molecule has 0 aliphatic carbocycles. The molecule has 3 heterocycles. The van der Waals surface area contributed by atoms with Gasteiger partial charge in [-0.2, -0.15) is 0 Å². The van der Waals surface area contributed by atoms with Gasteiger partial charge in [0.2, 0.25) is 0 Å². The zero-order chi connectivity index (χ0) is 20.3. The Balaban J connectivity index is 0.00000320. The van der Waals surface area contributed by atoms with Gasteiger partial charge in [0.15, 0.2) is 5.96 Å². The summed E-state index contributed by atoms with van der Waals surface area (Å²) in [7, 11) is 1.86. The van der Waals surface area contributed by atoms with Crippen LogP contribution in [0.3, 0.4) is 0 Å². The van der Waals surface area contributed by atoms with E-state index in [2.05, 4.69) is 49.9 Å². The molecule has 0 amide bonds. The second-order valence-electron chi connectivity index (χ2n) is 8.31. The number of thiophene rings is 1. The number of hydrogen-bond acceptors (Lipinski definition) is 5. The maximum atomic E-state index is 5.54. The number of guanidine groups is 1. The van der Waals surface area contributed by atoms with Crippen LogP contribution >= 0.6 is 35.3 Å². The Morgan fingerprint density at radius 3 is 2.80 bits per heavy atom. The van der Waals surface area contributed by atoms with E-state index in [1.165, 1.54) is 50.2 Å². The molecule has 3 rings (SSSR count). The largest absolute Gasteiger partial charge is 0.379 e. The lowest BCUT2D eigenvalue weighted by atomic mass is 10.0. The van der Waals surface area contributed by atoms with E-state index in [9.17, 15) is 0 Å². The van der Waals surface area contributed by atoms with Crippen LogP contribution in [0.2, 0.25) is 0 Å². The van der Waals surface area contributed by atoms with Crippen molar-refractivity contribution in [1.29, 1.82) is 0 Å². The van der Waals surface area contributed by atoms with Crippen molar-refractivity contribution in [3.63, 3.8) is 0 Å². The Morgan fingerprint density at radius 1 is 1.27 bits per heavy atom. The Kier molecular flexibility index (Phi) is 12.6. The van der Waals surface area contributed by atoms with Crippen molar-refractivity contribution in [1.82, 2.24) is 20.4 Å². The summed E-state index contributed by atoms with van der Waals surface area (Å²) >= 11 is 1.83. The summed E-state index contributed by atoms with van der Waals surface area (Å²) in [4.78, 5) is 11.0. The standard InChI is InChI=1S/C22H39N5OS.HI/c1-19-7-5-11-26(18-19)10-4-3-9-24-22(23-2)25-17-20(21-8-6-16-29-21)27-12-14-28-15-13-27;/h6,8,16,19-20H,3-5,7,9-15,17-18H2,1-2H3,(H2,23,24,25);1H. The topological polar surface area (TPSA) is 52.1 Å². The van der Waals surface area contributed by atoms with E-state index in [-0.39, 0.29) is 24.0 Å². The quantitative estimate of drug-likeness (QED) is 0.214. The fourth-order valence-electron chi connectivity index (χ4n) is 4.35. The normalized spacial score (nSPS) is 22.3. The van der Waals surface area contributed by atoms with Crippen molar-refractivity contribution in [2.24, 2.45) is 10.9 Å². The van der Waals surface area contributed by atoms with Gasteiger partial charge in [-0.25, -0.2) is 0 Å². The van der Waals surface area contributed by atoms with Crippen molar-refractivity contribution in [2.45, 2.75) is 38.6 Å². The minimum Gasteiger partial charge on any atom is -0.379 e. The van der Waals surface area contributed by atoms with Gasteiger partial charge >= 0.3 is 0 Å². The summed E-state index contributed by atoms with van der Waals surface area (Å²) in [5.41, 5.74) is 0. The fourth-order valence-corrected chi connectivity index (χ4v) is 5.21. The molecule has 8 heteroatoms. The van der Waals surface area contributed by atoms with E-state index in [1.54, 1.807) is 0 Å². The summed E-state index contributed by atoms with van der Waals surface area (Å²) in [6.45, 7) is 11.6. The highest BCUT2D eigenvalue weighted by atomic mass is 127. The number of nitrogens with one attached hydrogen (secondary N) is 2. The maximum absolute atomic E-state index is 5.54. The molecule has 6 nitrogen and oxygen atoms in total. The van der Waals surface area contributed by atoms with Crippen molar-refractivity contribution in [3.05, 3.63) is 22.4 Å². The van der Waals surface area contributed by atoms with Crippen LogP contribution in [0, 0.1) is 5.92 Å². The first-order valence-corrected chi connectivity index (χ1v) is 12.2. The van der Waals surface area contributed by atoms with Crippen LogP contribution in [0.15, 0.2) is 22.5 Å². The SMILES string of the molecule is CN=C(NCCCCN1CCCC(C)C1)NCC(c1cccs1)N1CCOCC1.I. The highest BCUT2D eigenvalue weighted by molar-refractivity contribution is 14.0. The molecule has 2 fully saturated rings. The number of halogens is 1. The number of likely N-dealkylation sites (tertiary alicyclic amines) is 1. The molecule has 2 N–H and O–H groups in total. The zero-order valence-corrected chi connectivity index (χ0v) is 21.8. The number of morpholine rings is 1. The van der Waals surface area contributed by atoms with Crippen molar-refractivity contribution in [3.8, 4) is 0 Å². The summed E-state index contributed by atoms with van der Waals surface area (Å²) in [6.07, 6.45) is 5.20. The molecule has 0 radical (unpaired) electrons. The van der Waals surface area contributed by atoms with Crippen LogP contribution in [-0.2, 0) is 4.74 Å². The number of unbranched alkanes of at least 4 members (excludes halogenated alkanes) is 1. The molecule has 30 heavy (non-hydrogen) atoms. The monoisotopic (exact) mass is 549 g/mol. The molecule has 2 unspecified atom stereocenters. The van der Waals surface area contributed by atoms with E-state index >= 15 is 0 Å². The maximum Gasteiger partial charge on any atom is 0.191 e. The first kappa shape index (κ1) is 25.8. The molecule has 2 aliphatic rings. The molecule has 1 aromatic rings. The Bertz CT molecular complexity index is 594. The Labute approximate surface area is 203 Å². The van der Waals surface area contributed by atoms with Gasteiger partial charge in [0.25, 0.3) is 0 Å². The van der Waals surface area contributed by atoms with Crippen LogP contribution in [0.25, 0.3) is 0 Å².